The Morgan fingerprint density at radius 3 is 2.44 bits per heavy atom. The molecule has 102 valence electrons. The second-order valence-corrected chi connectivity index (χ2v) is 3.85. The van der Waals surface area contributed by atoms with E-state index >= 15 is 0 Å². The molecule has 6 nitrogen and oxygen atoms in total. The van der Waals surface area contributed by atoms with Crippen molar-refractivity contribution in [2.45, 2.75) is 6.42 Å². The van der Waals surface area contributed by atoms with Crippen LogP contribution in [0.3, 0.4) is 0 Å². The molecule has 0 rings (SSSR count). The molecule has 0 spiro atoms. The molecule has 0 aromatic rings. The maximum absolute atomic E-state index is 11.5. The summed E-state index contributed by atoms with van der Waals surface area (Å²) in [4.78, 5) is 24.4. The largest absolute Gasteiger partial charge is 0.385 e. The first kappa shape index (κ1) is 16.4. The molecule has 0 aromatic heterocycles. The highest BCUT2D eigenvalue weighted by atomic mass is 16.5. The third-order valence-electron chi connectivity index (χ3n) is 2.06. The number of nitrogens with one attached hydrogen (secondary N) is 2. The molecule has 0 aliphatic heterocycles. The predicted molar refractivity (Wildman–Crippen MR) is 68.8 cm³/mol. The van der Waals surface area contributed by atoms with Crippen LogP contribution in [0.2, 0.25) is 0 Å². The van der Waals surface area contributed by atoms with Crippen LogP contribution < -0.4 is 10.6 Å². The van der Waals surface area contributed by atoms with E-state index in [1.165, 1.54) is 0 Å². The SMILES string of the molecule is C#CCNC(=O)CN(C)CC(=O)NCCCOC. The standard InChI is InChI=1S/C12H21N3O3/c1-4-6-13-11(16)9-15(2)10-12(17)14-7-5-8-18-3/h1H,5-10H2,2-3H3,(H,13,16)(H,14,17). The summed E-state index contributed by atoms with van der Waals surface area (Å²) >= 11 is 0. The van der Waals surface area contributed by atoms with Crippen LogP contribution in [0, 0.1) is 12.3 Å². The Balaban J connectivity index is 3.67. The molecule has 0 atom stereocenters. The predicted octanol–water partition coefficient (Wildman–Crippen LogP) is -1.18. The fraction of sp³-hybridized carbons (Fsp3) is 0.667. The van der Waals surface area contributed by atoms with Crippen LogP contribution in [-0.2, 0) is 14.3 Å². The number of rotatable bonds is 9. The van der Waals surface area contributed by atoms with E-state index in [0.717, 1.165) is 6.42 Å². The maximum atomic E-state index is 11.5. The first-order valence-electron chi connectivity index (χ1n) is 5.74. The van der Waals surface area contributed by atoms with Gasteiger partial charge in [0, 0.05) is 20.3 Å². The molecule has 2 N–H and O–H groups in total. The Kier molecular flexibility index (Phi) is 9.64. The lowest BCUT2D eigenvalue weighted by Crippen LogP contribution is -2.41. The summed E-state index contributed by atoms with van der Waals surface area (Å²) in [5.41, 5.74) is 0. The highest BCUT2D eigenvalue weighted by molar-refractivity contribution is 5.81. The van der Waals surface area contributed by atoms with Crippen molar-refractivity contribution in [1.82, 2.24) is 15.5 Å². The van der Waals surface area contributed by atoms with E-state index in [1.807, 2.05) is 0 Å². The molecule has 0 saturated heterocycles. The first-order chi connectivity index (χ1) is 8.60. The normalized spacial score (nSPS) is 9.89. The van der Waals surface area contributed by atoms with Crippen LogP contribution >= 0.6 is 0 Å². The molecule has 6 heteroatoms. The van der Waals surface area contributed by atoms with E-state index in [9.17, 15) is 9.59 Å². The van der Waals surface area contributed by atoms with E-state index in [1.54, 1.807) is 19.1 Å². The van der Waals surface area contributed by atoms with Crippen LogP contribution in [0.25, 0.3) is 0 Å². The van der Waals surface area contributed by atoms with E-state index in [-0.39, 0.29) is 31.4 Å². The molecule has 2 amide bonds. The minimum absolute atomic E-state index is 0.113. The summed E-state index contributed by atoms with van der Waals surface area (Å²) in [5.74, 6) is 2.01. The van der Waals surface area contributed by atoms with Crippen LogP contribution in [0.4, 0.5) is 0 Å². The molecule has 0 aliphatic carbocycles. The van der Waals surface area contributed by atoms with Gasteiger partial charge in [0.15, 0.2) is 0 Å². The van der Waals surface area contributed by atoms with Crippen molar-refractivity contribution in [3.05, 3.63) is 0 Å². The van der Waals surface area contributed by atoms with Gasteiger partial charge in [-0.2, -0.15) is 0 Å². The fourth-order valence-corrected chi connectivity index (χ4v) is 1.25. The maximum Gasteiger partial charge on any atom is 0.234 e. The third-order valence-corrected chi connectivity index (χ3v) is 2.06. The topological polar surface area (TPSA) is 70.7 Å². The Morgan fingerprint density at radius 1 is 1.28 bits per heavy atom. The van der Waals surface area contributed by atoms with Gasteiger partial charge in [0.25, 0.3) is 0 Å². The summed E-state index contributed by atoms with van der Waals surface area (Å²) in [7, 11) is 3.31. The Labute approximate surface area is 108 Å². The van der Waals surface area contributed by atoms with Crippen molar-refractivity contribution in [2.75, 3.05) is 46.9 Å². The molecule has 18 heavy (non-hydrogen) atoms. The van der Waals surface area contributed by atoms with E-state index in [4.69, 9.17) is 11.2 Å². The zero-order valence-corrected chi connectivity index (χ0v) is 11.0. The lowest BCUT2D eigenvalue weighted by Gasteiger charge is -2.15. The lowest BCUT2D eigenvalue weighted by molar-refractivity contribution is -0.124. The summed E-state index contributed by atoms with van der Waals surface area (Å²) in [6, 6.07) is 0. The number of nitrogens with zero attached hydrogens (tertiary/aromatic N) is 1. The number of carbonyl (C=O) groups excluding carboxylic acids is 2. The third kappa shape index (κ3) is 9.63. The Morgan fingerprint density at radius 2 is 1.89 bits per heavy atom. The average Bonchev–Trinajstić information content (AvgIpc) is 2.31. The minimum atomic E-state index is -0.192. The lowest BCUT2D eigenvalue weighted by atomic mass is 10.4. The van der Waals surface area contributed by atoms with Crippen molar-refractivity contribution < 1.29 is 14.3 Å². The molecule has 0 heterocycles. The van der Waals surface area contributed by atoms with Gasteiger partial charge < -0.3 is 15.4 Å². The monoisotopic (exact) mass is 255 g/mol. The van der Waals surface area contributed by atoms with E-state index in [2.05, 4.69) is 16.6 Å². The molecule has 0 fully saturated rings. The first-order valence-corrected chi connectivity index (χ1v) is 5.74. The van der Waals surface area contributed by atoms with Gasteiger partial charge >= 0.3 is 0 Å². The Hall–Kier alpha value is -1.58. The van der Waals surface area contributed by atoms with Gasteiger partial charge in [-0.3, -0.25) is 14.5 Å². The van der Waals surface area contributed by atoms with Crippen LogP contribution in [0.1, 0.15) is 6.42 Å². The number of likely N-dealkylation sites (N-methyl/N-ethyl adjacent to an activating group) is 1. The van der Waals surface area contributed by atoms with Gasteiger partial charge in [0.2, 0.25) is 11.8 Å². The number of methoxy groups -OCH3 is 1. The molecule has 0 aliphatic rings. The smallest absolute Gasteiger partial charge is 0.234 e. The van der Waals surface area contributed by atoms with Crippen molar-refractivity contribution in [2.24, 2.45) is 0 Å². The van der Waals surface area contributed by atoms with Crippen LogP contribution in [-0.4, -0.2) is 63.7 Å². The number of carbonyl (C=O) groups is 2. The van der Waals surface area contributed by atoms with Crippen molar-refractivity contribution in [3.63, 3.8) is 0 Å². The van der Waals surface area contributed by atoms with Gasteiger partial charge in [0.1, 0.15) is 0 Å². The number of terminal acetylenes is 1. The van der Waals surface area contributed by atoms with Gasteiger partial charge in [-0.15, -0.1) is 6.42 Å². The zero-order chi connectivity index (χ0) is 13.8. The summed E-state index contributed by atoms with van der Waals surface area (Å²) in [5, 5.41) is 5.27. The van der Waals surface area contributed by atoms with Crippen LogP contribution in [0.5, 0.6) is 0 Å². The quantitative estimate of drug-likeness (QED) is 0.402. The molecule has 0 unspecified atom stereocenters. The van der Waals surface area contributed by atoms with Gasteiger partial charge in [-0.25, -0.2) is 0 Å². The second-order valence-electron chi connectivity index (χ2n) is 3.85. The summed E-state index contributed by atoms with van der Waals surface area (Å²) in [6.45, 7) is 1.72. The highest BCUT2D eigenvalue weighted by Gasteiger charge is 2.09. The molecular formula is C12H21N3O3. The summed E-state index contributed by atoms with van der Waals surface area (Å²) < 4.78 is 4.86. The Bertz CT molecular complexity index is 299. The van der Waals surface area contributed by atoms with Gasteiger partial charge in [-0.05, 0) is 13.5 Å². The highest BCUT2D eigenvalue weighted by Crippen LogP contribution is 1.83. The van der Waals surface area contributed by atoms with Gasteiger partial charge in [0.05, 0.1) is 19.6 Å². The molecule has 0 radical (unpaired) electrons. The number of hydrogen-bond donors (Lipinski definition) is 2. The number of ether oxygens (including phenoxy) is 1. The fourth-order valence-electron chi connectivity index (χ4n) is 1.25. The zero-order valence-electron chi connectivity index (χ0n) is 11.0. The molecule has 0 bridgehead atoms. The summed E-state index contributed by atoms with van der Waals surface area (Å²) in [6.07, 6.45) is 5.79. The van der Waals surface area contributed by atoms with E-state index < -0.39 is 0 Å². The van der Waals surface area contributed by atoms with Crippen molar-refractivity contribution in [3.8, 4) is 12.3 Å². The molecular weight excluding hydrogens is 234 g/mol. The molecule has 0 aromatic carbocycles. The average molecular weight is 255 g/mol. The second kappa shape index (κ2) is 10.6. The van der Waals surface area contributed by atoms with Crippen molar-refractivity contribution in [1.29, 1.82) is 0 Å². The molecule has 0 saturated carbocycles. The van der Waals surface area contributed by atoms with Crippen molar-refractivity contribution >= 4 is 11.8 Å². The number of hydrogen-bond acceptors (Lipinski definition) is 4. The van der Waals surface area contributed by atoms with E-state index in [0.29, 0.717) is 13.2 Å². The minimum Gasteiger partial charge on any atom is -0.385 e. The number of amides is 2. The van der Waals surface area contributed by atoms with Gasteiger partial charge in [-0.1, -0.05) is 5.92 Å². The van der Waals surface area contributed by atoms with Crippen LogP contribution in [0.15, 0.2) is 0 Å².